The van der Waals surface area contributed by atoms with E-state index in [2.05, 4.69) is 5.32 Å². The summed E-state index contributed by atoms with van der Waals surface area (Å²) < 4.78 is 69.4. The molecular formula is C29H31ClF3N3O4S. The Labute approximate surface area is 243 Å². The highest BCUT2D eigenvalue weighted by atomic mass is 35.5. The number of benzene rings is 3. The fourth-order valence-corrected chi connectivity index (χ4v) is 5.64. The average Bonchev–Trinajstić information content (AvgIpc) is 2.93. The van der Waals surface area contributed by atoms with Gasteiger partial charge < -0.3 is 10.2 Å². The van der Waals surface area contributed by atoms with Gasteiger partial charge in [-0.05, 0) is 56.2 Å². The van der Waals surface area contributed by atoms with E-state index in [-0.39, 0.29) is 11.4 Å². The van der Waals surface area contributed by atoms with Gasteiger partial charge >= 0.3 is 6.18 Å². The predicted molar refractivity (Wildman–Crippen MR) is 152 cm³/mol. The minimum absolute atomic E-state index is 0.0345. The van der Waals surface area contributed by atoms with Crippen molar-refractivity contribution in [3.05, 3.63) is 94.5 Å². The van der Waals surface area contributed by atoms with Gasteiger partial charge in [0.15, 0.2) is 0 Å². The van der Waals surface area contributed by atoms with Crippen molar-refractivity contribution in [2.75, 3.05) is 17.4 Å². The van der Waals surface area contributed by atoms with Gasteiger partial charge in [-0.2, -0.15) is 13.2 Å². The first-order valence-corrected chi connectivity index (χ1v) is 14.6. The van der Waals surface area contributed by atoms with Crippen molar-refractivity contribution >= 4 is 39.1 Å². The molecule has 0 saturated carbocycles. The van der Waals surface area contributed by atoms with Crippen molar-refractivity contribution in [1.29, 1.82) is 0 Å². The summed E-state index contributed by atoms with van der Waals surface area (Å²) in [4.78, 5) is 27.7. The molecule has 0 aliphatic rings. The summed E-state index contributed by atoms with van der Waals surface area (Å²) in [7, 11) is -4.53. The van der Waals surface area contributed by atoms with Crippen molar-refractivity contribution in [3.8, 4) is 0 Å². The van der Waals surface area contributed by atoms with Gasteiger partial charge in [0.05, 0.1) is 21.2 Å². The summed E-state index contributed by atoms with van der Waals surface area (Å²) in [5.41, 5.74) is -0.215. The standard InChI is InChI=1S/C29H31ClF3N3O4S/c1-4-16-34-28(38)21(3)35(18-22-8-6-5-7-9-22)27(37)19-36(41(39,40)24-13-10-20(2)11-14-24)23-12-15-26(30)25(17-23)29(31,32)33/h5-15,17,21H,4,16,18-19H2,1-3H3,(H,34,38)/t21-/m0/s1. The number of nitrogens with one attached hydrogen (secondary N) is 1. The molecule has 0 bridgehead atoms. The number of rotatable bonds is 11. The summed E-state index contributed by atoms with van der Waals surface area (Å²) >= 11 is 5.79. The molecule has 2 amide bonds. The molecule has 0 aromatic heterocycles. The highest BCUT2D eigenvalue weighted by molar-refractivity contribution is 7.92. The van der Waals surface area contributed by atoms with Crippen LogP contribution >= 0.6 is 11.6 Å². The Balaban J connectivity index is 2.10. The molecule has 0 aliphatic carbocycles. The molecule has 3 rings (SSSR count). The topological polar surface area (TPSA) is 86.8 Å². The fraction of sp³-hybridized carbons (Fsp3) is 0.310. The third-order valence-corrected chi connectivity index (χ3v) is 8.46. The molecule has 0 radical (unpaired) electrons. The molecule has 0 spiro atoms. The molecule has 1 N–H and O–H groups in total. The lowest BCUT2D eigenvalue weighted by atomic mass is 10.1. The number of halogens is 4. The number of aryl methyl sites for hydroxylation is 1. The quantitative estimate of drug-likeness (QED) is 0.297. The minimum atomic E-state index is -4.87. The van der Waals surface area contributed by atoms with Gasteiger partial charge in [0.25, 0.3) is 10.0 Å². The van der Waals surface area contributed by atoms with Crippen molar-refractivity contribution in [2.24, 2.45) is 0 Å². The first kappa shape index (κ1) is 32.0. The first-order valence-electron chi connectivity index (χ1n) is 12.8. The van der Waals surface area contributed by atoms with Crippen molar-refractivity contribution in [1.82, 2.24) is 10.2 Å². The molecule has 220 valence electrons. The van der Waals surface area contributed by atoms with Gasteiger partial charge in [-0.1, -0.05) is 66.6 Å². The van der Waals surface area contributed by atoms with Crippen LogP contribution < -0.4 is 9.62 Å². The van der Waals surface area contributed by atoms with Gasteiger partial charge in [0.1, 0.15) is 12.6 Å². The zero-order valence-corrected chi connectivity index (χ0v) is 24.4. The van der Waals surface area contributed by atoms with E-state index in [4.69, 9.17) is 11.6 Å². The van der Waals surface area contributed by atoms with Crippen LogP contribution in [0.2, 0.25) is 5.02 Å². The van der Waals surface area contributed by atoms with Gasteiger partial charge in [-0.15, -0.1) is 0 Å². The van der Waals surface area contributed by atoms with E-state index in [0.717, 1.165) is 17.7 Å². The normalized spacial score (nSPS) is 12.5. The maximum atomic E-state index is 13.8. The highest BCUT2D eigenvalue weighted by Gasteiger charge is 2.37. The molecule has 0 fully saturated rings. The van der Waals surface area contributed by atoms with E-state index in [1.165, 1.54) is 36.1 Å². The van der Waals surface area contributed by atoms with Gasteiger partial charge in [-0.25, -0.2) is 8.42 Å². The number of hydrogen-bond donors (Lipinski definition) is 1. The molecule has 1 atom stereocenters. The van der Waals surface area contributed by atoms with E-state index < -0.39 is 56.9 Å². The molecule has 3 aromatic carbocycles. The monoisotopic (exact) mass is 609 g/mol. The third kappa shape index (κ3) is 8.01. The lowest BCUT2D eigenvalue weighted by molar-refractivity contribution is -0.139. The molecule has 0 heterocycles. The predicted octanol–water partition coefficient (Wildman–Crippen LogP) is 5.81. The summed E-state index contributed by atoms with van der Waals surface area (Å²) in [6.07, 6.45) is -4.21. The van der Waals surface area contributed by atoms with Crippen LogP contribution in [0.4, 0.5) is 18.9 Å². The Kier molecular flexibility index (Phi) is 10.4. The van der Waals surface area contributed by atoms with Crippen LogP contribution in [0, 0.1) is 6.92 Å². The van der Waals surface area contributed by atoms with Gasteiger partial charge in [-0.3, -0.25) is 13.9 Å². The van der Waals surface area contributed by atoms with E-state index in [1.807, 2.05) is 6.92 Å². The van der Waals surface area contributed by atoms with Crippen LogP contribution in [0.1, 0.15) is 37.0 Å². The second kappa shape index (κ2) is 13.4. The second-order valence-electron chi connectivity index (χ2n) is 9.46. The Morgan fingerprint density at radius 2 is 1.63 bits per heavy atom. The maximum absolute atomic E-state index is 13.8. The highest BCUT2D eigenvalue weighted by Crippen LogP contribution is 2.38. The molecule has 7 nitrogen and oxygen atoms in total. The number of alkyl halides is 3. The molecule has 0 aliphatic heterocycles. The van der Waals surface area contributed by atoms with Crippen LogP contribution in [-0.2, 0) is 32.3 Å². The Bertz CT molecular complexity index is 1470. The van der Waals surface area contributed by atoms with Gasteiger partial charge in [0, 0.05) is 13.1 Å². The minimum Gasteiger partial charge on any atom is -0.354 e. The number of nitrogens with zero attached hydrogens (tertiary/aromatic N) is 2. The van der Waals surface area contributed by atoms with E-state index in [9.17, 15) is 31.2 Å². The van der Waals surface area contributed by atoms with Crippen LogP contribution in [0.25, 0.3) is 0 Å². The Morgan fingerprint density at radius 1 is 1.00 bits per heavy atom. The molecule has 0 saturated heterocycles. The number of amides is 2. The van der Waals surface area contributed by atoms with Gasteiger partial charge in [0.2, 0.25) is 11.8 Å². The zero-order valence-electron chi connectivity index (χ0n) is 22.8. The average molecular weight is 610 g/mol. The van der Waals surface area contributed by atoms with Crippen molar-refractivity contribution < 1.29 is 31.2 Å². The largest absolute Gasteiger partial charge is 0.417 e. The van der Waals surface area contributed by atoms with Crippen molar-refractivity contribution in [2.45, 2.75) is 50.9 Å². The van der Waals surface area contributed by atoms with E-state index in [0.29, 0.717) is 28.9 Å². The number of sulfonamides is 1. The first-order chi connectivity index (χ1) is 19.3. The summed E-state index contributed by atoms with van der Waals surface area (Å²) in [5, 5.41) is 2.11. The second-order valence-corrected chi connectivity index (χ2v) is 11.7. The Morgan fingerprint density at radius 3 is 2.22 bits per heavy atom. The van der Waals surface area contributed by atoms with Crippen molar-refractivity contribution in [3.63, 3.8) is 0 Å². The van der Waals surface area contributed by atoms with E-state index >= 15 is 0 Å². The maximum Gasteiger partial charge on any atom is 0.417 e. The number of hydrogen-bond acceptors (Lipinski definition) is 4. The zero-order chi connectivity index (χ0) is 30.4. The van der Waals surface area contributed by atoms with Crippen LogP contribution in [0.5, 0.6) is 0 Å². The van der Waals surface area contributed by atoms with E-state index in [1.54, 1.807) is 37.3 Å². The summed E-state index contributed by atoms with van der Waals surface area (Å²) in [6.45, 7) is 4.59. The molecular weight excluding hydrogens is 579 g/mol. The summed E-state index contributed by atoms with van der Waals surface area (Å²) in [5.74, 6) is -1.23. The number of carbonyl (C=O) groups is 2. The SMILES string of the molecule is CCCNC(=O)[C@H](C)N(Cc1ccccc1)C(=O)CN(c1ccc(Cl)c(C(F)(F)F)c1)S(=O)(=O)c1ccc(C)cc1. The Hall–Kier alpha value is -3.57. The third-order valence-electron chi connectivity index (χ3n) is 6.34. The molecule has 3 aromatic rings. The number of anilines is 1. The van der Waals surface area contributed by atoms with Crippen LogP contribution in [-0.4, -0.2) is 44.3 Å². The van der Waals surface area contributed by atoms with Crippen LogP contribution in [0.3, 0.4) is 0 Å². The lowest BCUT2D eigenvalue weighted by Gasteiger charge is -2.32. The molecule has 0 unspecified atom stereocenters. The van der Waals surface area contributed by atoms with Crippen LogP contribution in [0.15, 0.2) is 77.7 Å². The number of carbonyl (C=O) groups excluding carboxylic acids is 2. The smallest absolute Gasteiger partial charge is 0.354 e. The lowest BCUT2D eigenvalue weighted by Crippen LogP contribution is -2.51. The molecule has 41 heavy (non-hydrogen) atoms. The summed E-state index contributed by atoms with van der Waals surface area (Å²) in [6, 6.07) is 16.1. The fourth-order valence-electron chi connectivity index (χ4n) is 4.01. The molecule has 12 heteroatoms.